The van der Waals surface area contributed by atoms with Crippen LogP contribution in [0.25, 0.3) is 6.08 Å². The summed E-state index contributed by atoms with van der Waals surface area (Å²) in [6, 6.07) is 14.5. The number of carbonyl (C=O) groups excluding carboxylic acids is 1. The molecule has 0 aliphatic heterocycles. The molecule has 0 fully saturated rings. The monoisotopic (exact) mass is 462 g/mol. The number of benzene rings is 2. The first-order valence-electron chi connectivity index (χ1n) is 7.64. The van der Waals surface area contributed by atoms with Crippen molar-refractivity contribution in [2.75, 3.05) is 11.9 Å². The summed E-state index contributed by atoms with van der Waals surface area (Å²) in [5, 5.41) is 12.0. The summed E-state index contributed by atoms with van der Waals surface area (Å²) in [4.78, 5) is 12.3. The molecular formula is C19H16Br2N2O2. The number of ether oxygens (including phenoxy) is 1. The number of carbonyl (C=O) groups is 1. The van der Waals surface area contributed by atoms with Gasteiger partial charge in [0.05, 0.1) is 11.1 Å². The Balaban J connectivity index is 2.16. The van der Waals surface area contributed by atoms with Crippen LogP contribution in [0.4, 0.5) is 5.69 Å². The van der Waals surface area contributed by atoms with Gasteiger partial charge < -0.3 is 10.1 Å². The van der Waals surface area contributed by atoms with E-state index in [-0.39, 0.29) is 5.57 Å². The number of hydrogen-bond acceptors (Lipinski definition) is 3. The van der Waals surface area contributed by atoms with E-state index in [1.165, 1.54) is 0 Å². The first kappa shape index (κ1) is 19.2. The van der Waals surface area contributed by atoms with Crippen molar-refractivity contribution in [2.45, 2.75) is 13.3 Å². The number of rotatable bonds is 6. The normalized spacial score (nSPS) is 10.9. The van der Waals surface area contributed by atoms with E-state index in [1.54, 1.807) is 24.3 Å². The molecule has 4 nitrogen and oxygen atoms in total. The first-order chi connectivity index (χ1) is 12.0. The Morgan fingerprint density at radius 2 is 1.96 bits per heavy atom. The molecule has 1 amide bonds. The van der Waals surface area contributed by atoms with E-state index in [4.69, 9.17) is 4.74 Å². The smallest absolute Gasteiger partial charge is 0.266 e. The summed E-state index contributed by atoms with van der Waals surface area (Å²) < 4.78 is 7.28. The highest BCUT2D eigenvalue weighted by Gasteiger charge is 2.10. The topological polar surface area (TPSA) is 62.1 Å². The molecule has 2 aromatic carbocycles. The molecule has 1 N–H and O–H groups in total. The number of halogens is 2. The van der Waals surface area contributed by atoms with E-state index in [1.807, 2.05) is 37.3 Å². The number of anilines is 1. The standard InChI is InChI=1S/C19H16Br2N2O2/c1-2-9-25-18-8-3-13(11-17(18)21)10-14(12-22)19(24)23-16-6-4-15(20)5-7-16/h3-8,10-11H,2,9H2,1H3,(H,23,24)/b14-10+. The average Bonchev–Trinajstić information content (AvgIpc) is 2.60. The highest BCUT2D eigenvalue weighted by atomic mass is 79.9. The predicted molar refractivity (Wildman–Crippen MR) is 106 cm³/mol. The molecule has 6 heteroatoms. The molecule has 0 saturated carbocycles. The highest BCUT2D eigenvalue weighted by Crippen LogP contribution is 2.27. The number of amides is 1. The van der Waals surface area contributed by atoms with Crippen molar-refractivity contribution in [1.29, 1.82) is 5.26 Å². The average molecular weight is 464 g/mol. The molecule has 2 aromatic rings. The lowest BCUT2D eigenvalue weighted by atomic mass is 10.1. The zero-order chi connectivity index (χ0) is 18.2. The number of nitrogens with zero attached hydrogens (tertiary/aromatic N) is 1. The summed E-state index contributed by atoms with van der Waals surface area (Å²) in [6.45, 7) is 2.67. The Hall–Kier alpha value is -2.10. The van der Waals surface area contributed by atoms with Gasteiger partial charge in [-0.1, -0.05) is 28.9 Å². The lowest BCUT2D eigenvalue weighted by Gasteiger charge is -2.08. The highest BCUT2D eigenvalue weighted by molar-refractivity contribution is 9.10. The SMILES string of the molecule is CCCOc1ccc(/C=C(\C#N)C(=O)Nc2ccc(Br)cc2)cc1Br. The molecule has 0 heterocycles. The second-order valence-corrected chi connectivity index (χ2v) is 6.94. The fourth-order valence-corrected chi connectivity index (χ4v) is 2.76. The van der Waals surface area contributed by atoms with E-state index in [0.29, 0.717) is 12.3 Å². The molecule has 0 spiro atoms. The van der Waals surface area contributed by atoms with Crippen molar-refractivity contribution in [3.05, 3.63) is 62.5 Å². The molecule has 0 atom stereocenters. The van der Waals surface area contributed by atoms with Gasteiger partial charge >= 0.3 is 0 Å². The summed E-state index contributed by atoms with van der Waals surface area (Å²) in [5.74, 6) is 0.282. The molecule has 25 heavy (non-hydrogen) atoms. The number of nitriles is 1. The fraction of sp³-hybridized carbons (Fsp3) is 0.158. The molecule has 0 unspecified atom stereocenters. The molecule has 0 radical (unpaired) electrons. The molecule has 128 valence electrons. The van der Waals surface area contributed by atoms with Crippen LogP contribution in [-0.4, -0.2) is 12.5 Å². The van der Waals surface area contributed by atoms with Crippen molar-refractivity contribution in [2.24, 2.45) is 0 Å². The van der Waals surface area contributed by atoms with Crippen LogP contribution in [0.5, 0.6) is 5.75 Å². The van der Waals surface area contributed by atoms with E-state index < -0.39 is 5.91 Å². The van der Waals surface area contributed by atoms with E-state index in [9.17, 15) is 10.1 Å². The Morgan fingerprint density at radius 3 is 2.56 bits per heavy atom. The lowest BCUT2D eigenvalue weighted by Crippen LogP contribution is -2.13. The summed E-state index contributed by atoms with van der Waals surface area (Å²) in [5.41, 5.74) is 1.38. The minimum absolute atomic E-state index is 0.0250. The van der Waals surface area contributed by atoms with Gasteiger partial charge in [-0.05, 0) is 70.4 Å². The van der Waals surface area contributed by atoms with Crippen molar-refractivity contribution in [3.8, 4) is 11.8 Å². The van der Waals surface area contributed by atoms with Gasteiger partial charge in [0.25, 0.3) is 5.91 Å². The van der Waals surface area contributed by atoms with Crippen LogP contribution >= 0.6 is 31.9 Å². The fourth-order valence-electron chi connectivity index (χ4n) is 1.98. The predicted octanol–water partition coefficient (Wildman–Crippen LogP) is 5.55. The maximum atomic E-state index is 12.3. The quantitative estimate of drug-likeness (QED) is 0.451. The van der Waals surface area contributed by atoms with E-state index in [2.05, 4.69) is 37.2 Å². The minimum Gasteiger partial charge on any atom is -0.492 e. The zero-order valence-corrected chi connectivity index (χ0v) is 16.7. The van der Waals surface area contributed by atoms with Crippen LogP contribution in [0.15, 0.2) is 57.0 Å². The third kappa shape index (κ3) is 5.73. The van der Waals surface area contributed by atoms with Crippen LogP contribution in [0.1, 0.15) is 18.9 Å². The van der Waals surface area contributed by atoms with Crippen LogP contribution in [0, 0.1) is 11.3 Å². The van der Waals surface area contributed by atoms with Gasteiger partial charge in [-0.25, -0.2) is 0 Å². The van der Waals surface area contributed by atoms with Crippen molar-refractivity contribution in [3.63, 3.8) is 0 Å². The Labute approximate surface area is 163 Å². The molecule has 0 aliphatic carbocycles. The Bertz CT molecular complexity index is 824. The Morgan fingerprint density at radius 1 is 1.24 bits per heavy atom. The van der Waals surface area contributed by atoms with Crippen LogP contribution in [-0.2, 0) is 4.79 Å². The summed E-state index contributed by atoms with van der Waals surface area (Å²) in [6.07, 6.45) is 2.46. The van der Waals surface area contributed by atoms with Crippen LogP contribution in [0.3, 0.4) is 0 Å². The van der Waals surface area contributed by atoms with Gasteiger partial charge in [0, 0.05) is 10.2 Å². The largest absolute Gasteiger partial charge is 0.492 e. The molecule has 0 bridgehead atoms. The van der Waals surface area contributed by atoms with E-state index in [0.717, 1.165) is 26.7 Å². The van der Waals surface area contributed by atoms with Crippen molar-refractivity contribution < 1.29 is 9.53 Å². The maximum absolute atomic E-state index is 12.3. The van der Waals surface area contributed by atoms with Gasteiger partial charge in [0.15, 0.2) is 0 Å². The first-order valence-corrected chi connectivity index (χ1v) is 9.23. The lowest BCUT2D eigenvalue weighted by molar-refractivity contribution is -0.112. The van der Waals surface area contributed by atoms with Crippen molar-refractivity contribution in [1.82, 2.24) is 0 Å². The molecular weight excluding hydrogens is 448 g/mol. The zero-order valence-electron chi connectivity index (χ0n) is 13.6. The van der Waals surface area contributed by atoms with Gasteiger partial charge in [0.2, 0.25) is 0 Å². The number of hydrogen-bond donors (Lipinski definition) is 1. The van der Waals surface area contributed by atoms with Crippen LogP contribution in [0.2, 0.25) is 0 Å². The molecule has 0 aliphatic rings. The Kier molecular flexibility index (Phi) is 7.23. The van der Waals surface area contributed by atoms with Crippen LogP contribution < -0.4 is 10.1 Å². The number of nitrogens with one attached hydrogen (secondary N) is 1. The third-order valence-corrected chi connectivity index (χ3v) is 4.34. The van der Waals surface area contributed by atoms with Crippen molar-refractivity contribution >= 4 is 49.5 Å². The summed E-state index contributed by atoms with van der Waals surface area (Å²) >= 11 is 6.78. The second kappa shape index (κ2) is 9.40. The molecule has 0 aromatic heterocycles. The minimum atomic E-state index is -0.452. The second-order valence-electron chi connectivity index (χ2n) is 5.17. The van der Waals surface area contributed by atoms with E-state index >= 15 is 0 Å². The third-order valence-electron chi connectivity index (χ3n) is 3.20. The van der Waals surface area contributed by atoms with Gasteiger partial charge in [0.1, 0.15) is 17.4 Å². The summed E-state index contributed by atoms with van der Waals surface area (Å²) in [7, 11) is 0. The molecule has 0 saturated heterocycles. The van der Waals surface area contributed by atoms with Gasteiger partial charge in [-0.15, -0.1) is 0 Å². The molecule has 2 rings (SSSR count). The van der Waals surface area contributed by atoms with Gasteiger partial charge in [-0.2, -0.15) is 5.26 Å². The maximum Gasteiger partial charge on any atom is 0.266 e. The van der Waals surface area contributed by atoms with Gasteiger partial charge in [-0.3, -0.25) is 4.79 Å².